The molecule has 1 aromatic carbocycles. The van der Waals surface area contributed by atoms with Crippen LogP contribution in [0.1, 0.15) is 53.2 Å². The largest absolute Gasteiger partial charge is 0.342 e. The van der Waals surface area contributed by atoms with Crippen molar-refractivity contribution in [2.45, 2.75) is 31.7 Å². The molecule has 0 unspecified atom stereocenters. The third kappa shape index (κ3) is 4.29. The van der Waals surface area contributed by atoms with Crippen LogP contribution >= 0.6 is 15.9 Å². The molecule has 0 aliphatic heterocycles. The lowest BCUT2D eigenvalue weighted by atomic mass is 10.0. The molecule has 1 saturated carbocycles. The van der Waals surface area contributed by atoms with Gasteiger partial charge in [-0.25, -0.2) is 23.7 Å². The van der Waals surface area contributed by atoms with Crippen LogP contribution in [0.2, 0.25) is 0 Å². The number of carbonyl (C=O) groups excluding carboxylic acids is 1. The van der Waals surface area contributed by atoms with Gasteiger partial charge in [0.15, 0.2) is 17.3 Å². The number of benzene rings is 1. The minimum absolute atomic E-state index is 0.112. The molecule has 0 saturated heterocycles. The molecule has 4 rings (SSSR count). The molecule has 11 heteroatoms. The van der Waals surface area contributed by atoms with Crippen molar-refractivity contribution in [1.29, 1.82) is 5.26 Å². The van der Waals surface area contributed by atoms with Crippen LogP contribution in [0.4, 0.5) is 8.78 Å². The first-order chi connectivity index (χ1) is 14.8. The first-order valence-electron chi connectivity index (χ1n) is 9.41. The number of hydrogen-bond acceptors (Lipinski definition) is 6. The van der Waals surface area contributed by atoms with E-state index in [1.807, 2.05) is 6.07 Å². The Morgan fingerprint density at radius 3 is 2.71 bits per heavy atom. The smallest absolute Gasteiger partial charge is 0.276 e. The normalized spacial score (nSPS) is 14.7. The number of rotatable bonds is 6. The molecular weight excluding hydrogens is 472 g/mol. The Morgan fingerprint density at radius 2 is 2.06 bits per heavy atom. The van der Waals surface area contributed by atoms with Gasteiger partial charge in [-0.15, -0.1) is 0 Å². The van der Waals surface area contributed by atoms with E-state index in [9.17, 15) is 13.6 Å². The van der Waals surface area contributed by atoms with Gasteiger partial charge in [0.25, 0.3) is 11.8 Å². The number of alkyl halides is 2. The maximum atomic E-state index is 14.5. The summed E-state index contributed by atoms with van der Waals surface area (Å²) < 4.78 is 30.9. The first-order valence-corrected chi connectivity index (χ1v) is 10.2. The Morgan fingerprint density at radius 1 is 1.29 bits per heavy atom. The number of halogens is 3. The number of amides is 1. The van der Waals surface area contributed by atoms with Crippen molar-refractivity contribution in [2.24, 2.45) is 5.92 Å². The van der Waals surface area contributed by atoms with Crippen LogP contribution in [0.15, 0.2) is 41.4 Å². The fourth-order valence-electron chi connectivity index (χ4n) is 3.15. The summed E-state index contributed by atoms with van der Waals surface area (Å²) >= 11 is 3.22. The summed E-state index contributed by atoms with van der Waals surface area (Å²) in [5.41, 5.74) is 0.0826. The van der Waals surface area contributed by atoms with Gasteiger partial charge in [-0.1, -0.05) is 15.9 Å². The molecule has 0 spiro atoms. The molecule has 1 aliphatic rings. The Kier molecular flexibility index (Phi) is 5.49. The van der Waals surface area contributed by atoms with Crippen molar-refractivity contribution >= 4 is 21.8 Å². The SMILES string of the molecule is C[C@H](NC(=O)c1cc(Br)cc(C(F)(F)C2CC2)c1)c1ncnn1-c1cnc(C#N)cn1. The molecule has 1 aliphatic carbocycles. The van der Waals surface area contributed by atoms with Crippen LogP contribution in [-0.2, 0) is 5.92 Å². The summed E-state index contributed by atoms with van der Waals surface area (Å²) in [6, 6.07) is 5.33. The Balaban J connectivity index is 1.55. The molecule has 8 nitrogen and oxygen atoms in total. The maximum Gasteiger partial charge on any atom is 0.276 e. The molecule has 1 atom stereocenters. The van der Waals surface area contributed by atoms with Crippen LogP contribution in [0.5, 0.6) is 0 Å². The highest BCUT2D eigenvalue weighted by atomic mass is 79.9. The van der Waals surface area contributed by atoms with Crippen LogP contribution in [0.3, 0.4) is 0 Å². The predicted molar refractivity (Wildman–Crippen MR) is 108 cm³/mol. The molecule has 0 radical (unpaired) electrons. The molecule has 2 aromatic heterocycles. The second kappa shape index (κ2) is 8.11. The van der Waals surface area contributed by atoms with E-state index in [-0.39, 0.29) is 16.8 Å². The van der Waals surface area contributed by atoms with E-state index in [1.54, 1.807) is 6.92 Å². The van der Waals surface area contributed by atoms with Crippen molar-refractivity contribution in [3.05, 3.63) is 64.0 Å². The molecule has 3 aromatic rings. The number of nitrogens with zero attached hydrogens (tertiary/aromatic N) is 6. The highest BCUT2D eigenvalue weighted by Gasteiger charge is 2.48. The van der Waals surface area contributed by atoms with Crippen LogP contribution < -0.4 is 5.32 Å². The molecule has 1 N–H and O–H groups in total. The average molecular weight is 488 g/mol. The van der Waals surface area contributed by atoms with Gasteiger partial charge in [-0.05, 0) is 38.0 Å². The predicted octanol–water partition coefficient (Wildman–Crippen LogP) is 3.68. The van der Waals surface area contributed by atoms with Crippen molar-refractivity contribution in [2.75, 3.05) is 0 Å². The van der Waals surface area contributed by atoms with E-state index in [0.29, 0.717) is 29.0 Å². The minimum atomic E-state index is -2.97. The first kappa shape index (κ1) is 21.0. The fraction of sp³-hybridized carbons (Fsp3) is 0.300. The van der Waals surface area contributed by atoms with Crippen LogP contribution in [0.25, 0.3) is 5.82 Å². The standard InChI is InChI=1S/C20H16BrF2N7O/c1-11(18-27-10-28-30(18)17-9-25-16(7-24)8-26-17)29-19(31)12-4-14(6-15(21)5-12)20(22,23)13-2-3-13/h4-6,8-11,13H,2-3H2,1H3,(H,29,31)/t11-/m0/s1. The maximum absolute atomic E-state index is 14.5. The Bertz CT molecular complexity index is 1170. The molecular formula is C20H16BrF2N7O. The van der Waals surface area contributed by atoms with Gasteiger partial charge < -0.3 is 5.32 Å². The van der Waals surface area contributed by atoms with Gasteiger partial charge in [0.2, 0.25) is 0 Å². The highest BCUT2D eigenvalue weighted by molar-refractivity contribution is 9.10. The zero-order valence-corrected chi connectivity index (χ0v) is 17.8. The van der Waals surface area contributed by atoms with E-state index >= 15 is 0 Å². The minimum Gasteiger partial charge on any atom is -0.342 e. The Hall–Kier alpha value is -3.26. The van der Waals surface area contributed by atoms with Crippen molar-refractivity contribution in [1.82, 2.24) is 30.0 Å². The van der Waals surface area contributed by atoms with Crippen molar-refractivity contribution in [3.8, 4) is 11.9 Å². The average Bonchev–Trinajstić information content (AvgIpc) is 3.51. The molecule has 1 amide bonds. The second-order valence-corrected chi connectivity index (χ2v) is 8.14. The van der Waals surface area contributed by atoms with Gasteiger partial charge in [-0.3, -0.25) is 4.79 Å². The van der Waals surface area contributed by atoms with E-state index < -0.39 is 23.8 Å². The van der Waals surface area contributed by atoms with E-state index in [2.05, 4.69) is 41.3 Å². The van der Waals surface area contributed by atoms with E-state index in [0.717, 1.165) is 0 Å². The zero-order valence-electron chi connectivity index (χ0n) is 16.3. The summed E-state index contributed by atoms with van der Waals surface area (Å²) in [6.45, 7) is 1.69. The number of nitrogens with one attached hydrogen (secondary N) is 1. The lowest BCUT2D eigenvalue weighted by Gasteiger charge is -2.18. The summed E-state index contributed by atoms with van der Waals surface area (Å²) in [5, 5.41) is 15.7. The lowest BCUT2D eigenvalue weighted by molar-refractivity contribution is -0.0286. The van der Waals surface area contributed by atoms with Crippen molar-refractivity contribution < 1.29 is 13.6 Å². The van der Waals surface area contributed by atoms with Gasteiger partial charge in [0, 0.05) is 21.5 Å². The van der Waals surface area contributed by atoms with Gasteiger partial charge in [0.05, 0.1) is 18.4 Å². The summed E-state index contributed by atoms with van der Waals surface area (Å²) in [7, 11) is 0. The third-order valence-corrected chi connectivity index (χ3v) is 5.37. The van der Waals surface area contributed by atoms with Gasteiger partial charge >= 0.3 is 0 Å². The highest BCUT2D eigenvalue weighted by Crippen LogP contribution is 2.50. The number of aromatic nitrogens is 5. The number of hydrogen-bond donors (Lipinski definition) is 1. The second-order valence-electron chi connectivity index (χ2n) is 7.22. The quantitative estimate of drug-likeness (QED) is 0.567. The molecule has 1 fully saturated rings. The zero-order chi connectivity index (χ0) is 22.2. The van der Waals surface area contributed by atoms with Crippen LogP contribution in [-0.4, -0.2) is 30.6 Å². The molecule has 0 bridgehead atoms. The fourth-order valence-corrected chi connectivity index (χ4v) is 3.64. The van der Waals surface area contributed by atoms with E-state index in [1.165, 1.54) is 41.6 Å². The molecule has 31 heavy (non-hydrogen) atoms. The topological polar surface area (TPSA) is 109 Å². The van der Waals surface area contributed by atoms with Gasteiger partial charge in [0.1, 0.15) is 12.4 Å². The van der Waals surface area contributed by atoms with Gasteiger partial charge in [-0.2, -0.15) is 15.0 Å². The summed E-state index contributed by atoms with van der Waals surface area (Å²) in [5.74, 6) is -3.49. The Labute approximate surface area is 184 Å². The monoisotopic (exact) mass is 487 g/mol. The van der Waals surface area contributed by atoms with Crippen LogP contribution in [0, 0.1) is 17.2 Å². The van der Waals surface area contributed by atoms with Crippen molar-refractivity contribution in [3.63, 3.8) is 0 Å². The molecule has 158 valence electrons. The molecule has 2 heterocycles. The number of nitriles is 1. The lowest BCUT2D eigenvalue weighted by Crippen LogP contribution is -2.29. The summed E-state index contributed by atoms with van der Waals surface area (Å²) in [6.07, 6.45) is 4.92. The summed E-state index contributed by atoms with van der Waals surface area (Å²) in [4.78, 5) is 25.0. The van der Waals surface area contributed by atoms with E-state index in [4.69, 9.17) is 5.26 Å². The number of carbonyl (C=O) groups is 1. The third-order valence-electron chi connectivity index (χ3n) is 4.91.